The van der Waals surface area contributed by atoms with E-state index in [4.69, 9.17) is 5.73 Å². The molecule has 0 radical (unpaired) electrons. The van der Waals surface area contributed by atoms with E-state index in [0.29, 0.717) is 0 Å². The summed E-state index contributed by atoms with van der Waals surface area (Å²) in [6.45, 7) is 10.6. The summed E-state index contributed by atoms with van der Waals surface area (Å²) in [7, 11) is 0. The molecule has 2 aliphatic heterocycles. The summed E-state index contributed by atoms with van der Waals surface area (Å²) in [4.78, 5) is 5.28. The van der Waals surface area contributed by atoms with Gasteiger partial charge in [0.1, 0.15) is 0 Å². The molecular formula is C14H29N3. The summed E-state index contributed by atoms with van der Waals surface area (Å²) in [6.07, 6.45) is 6.65. The van der Waals surface area contributed by atoms with Crippen molar-refractivity contribution >= 4 is 0 Å². The highest BCUT2D eigenvalue weighted by molar-refractivity contribution is 4.89. The van der Waals surface area contributed by atoms with Gasteiger partial charge in [0.2, 0.25) is 0 Å². The highest BCUT2D eigenvalue weighted by Crippen LogP contribution is 2.21. The van der Waals surface area contributed by atoms with E-state index in [1.165, 1.54) is 51.9 Å². The number of hydrogen-bond acceptors (Lipinski definition) is 3. The predicted molar refractivity (Wildman–Crippen MR) is 73.2 cm³/mol. The van der Waals surface area contributed by atoms with Crippen LogP contribution in [0, 0.1) is 0 Å². The Morgan fingerprint density at radius 1 is 1.18 bits per heavy atom. The lowest BCUT2D eigenvalue weighted by atomic mass is 10.0. The number of likely N-dealkylation sites (tertiary alicyclic amines) is 2. The normalized spacial score (nSPS) is 31.6. The maximum atomic E-state index is 6.26. The third-order valence-electron chi connectivity index (χ3n) is 4.55. The minimum absolute atomic E-state index is 0.00319. The van der Waals surface area contributed by atoms with Gasteiger partial charge in [-0.2, -0.15) is 0 Å². The van der Waals surface area contributed by atoms with Crippen LogP contribution in [0.5, 0.6) is 0 Å². The Balaban J connectivity index is 1.78. The average Bonchev–Trinajstić information content (AvgIpc) is 2.78. The second kappa shape index (κ2) is 5.68. The zero-order valence-corrected chi connectivity index (χ0v) is 11.6. The van der Waals surface area contributed by atoms with E-state index < -0.39 is 0 Å². The van der Waals surface area contributed by atoms with Crippen LogP contribution in [-0.4, -0.2) is 54.1 Å². The third kappa shape index (κ3) is 3.67. The van der Waals surface area contributed by atoms with E-state index in [-0.39, 0.29) is 5.54 Å². The van der Waals surface area contributed by atoms with Crippen LogP contribution in [0.3, 0.4) is 0 Å². The SMILES string of the molecule is CCC(C)(N)CN1CCC(N2CCCCC2)C1. The fourth-order valence-electron chi connectivity index (χ4n) is 3.16. The van der Waals surface area contributed by atoms with Gasteiger partial charge in [0.05, 0.1) is 0 Å². The molecule has 17 heavy (non-hydrogen) atoms. The molecule has 3 nitrogen and oxygen atoms in total. The maximum Gasteiger partial charge on any atom is 0.0252 e. The van der Waals surface area contributed by atoms with Gasteiger partial charge in [0, 0.05) is 24.7 Å². The molecule has 2 unspecified atom stereocenters. The van der Waals surface area contributed by atoms with Gasteiger partial charge in [-0.25, -0.2) is 0 Å². The van der Waals surface area contributed by atoms with E-state index in [1.54, 1.807) is 0 Å². The minimum atomic E-state index is -0.00319. The second-order valence-electron chi connectivity index (χ2n) is 6.28. The molecule has 0 aromatic carbocycles. The largest absolute Gasteiger partial charge is 0.324 e. The van der Waals surface area contributed by atoms with Gasteiger partial charge >= 0.3 is 0 Å². The van der Waals surface area contributed by atoms with Crippen LogP contribution in [0.2, 0.25) is 0 Å². The van der Waals surface area contributed by atoms with E-state index >= 15 is 0 Å². The van der Waals surface area contributed by atoms with Gasteiger partial charge in [-0.3, -0.25) is 9.80 Å². The Labute approximate surface area is 106 Å². The molecule has 0 aromatic heterocycles. The molecular weight excluding hydrogens is 210 g/mol. The molecule has 2 fully saturated rings. The van der Waals surface area contributed by atoms with Gasteiger partial charge in [-0.15, -0.1) is 0 Å². The van der Waals surface area contributed by atoms with Crippen LogP contribution in [0.4, 0.5) is 0 Å². The quantitative estimate of drug-likeness (QED) is 0.810. The van der Waals surface area contributed by atoms with E-state index in [9.17, 15) is 0 Å². The Kier molecular flexibility index (Phi) is 4.45. The van der Waals surface area contributed by atoms with Crippen molar-refractivity contribution in [1.82, 2.24) is 9.80 Å². The highest BCUT2D eigenvalue weighted by atomic mass is 15.3. The van der Waals surface area contributed by atoms with Crippen LogP contribution in [-0.2, 0) is 0 Å². The molecule has 2 saturated heterocycles. The summed E-state index contributed by atoms with van der Waals surface area (Å²) < 4.78 is 0. The first-order valence-electron chi connectivity index (χ1n) is 7.36. The number of hydrogen-bond donors (Lipinski definition) is 1. The van der Waals surface area contributed by atoms with Crippen LogP contribution in [0.25, 0.3) is 0 Å². The molecule has 0 bridgehead atoms. The van der Waals surface area contributed by atoms with Gasteiger partial charge in [-0.1, -0.05) is 13.3 Å². The first kappa shape index (κ1) is 13.3. The second-order valence-corrected chi connectivity index (χ2v) is 6.28. The van der Waals surface area contributed by atoms with Crippen molar-refractivity contribution in [2.45, 2.75) is 57.5 Å². The van der Waals surface area contributed by atoms with Crippen molar-refractivity contribution in [3.05, 3.63) is 0 Å². The summed E-state index contributed by atoms with van der Waals surface area (Å²) in [5.74, 6) is 0. The molecule has 0 aliphatic carbocycles. The van der Waals surface area contributed by atoms with Crippen molar-refractivity contribution in [3.8, 4) is 0 Å². The predicted octanol–water partition coefficient (Wildman–Crippen LogP) is 1.67. The van der Waals surface area contributed by atoms with Crippen molar-refractivity contribution < 1.29 is 0 Å². The zero-order chi connectivity index (χ0) is 12.3. The van der Waals surface area contributed by atoms with Gasteiger partial charge < -0.3 is 5.73 Å². The van der Waals surface area contributed by atoms with Crippen LogP contribution >= 0.6 is 0 Å². The topological polar surface area (TPSA) is 32.5 Å². The highest BCUT2D eigenvalue weighted by Gasteiger charge is 2.31. The molecule has 100 valence electrons. The number of piperidine rings is 1. The summed E-state index contributed by atoms with van der Waals surface area (Å²) >= 11 is 0. The summed E-state index contributed by atoms with van der Waals surface area (Å²) in [6, 6.07) is 0.808. The monoisotopic (exact) mass is 239 g/mol. The molecule has 2 atom stereocenters. The average molecular weight is 239 g/mol. The maximum absolute atomic E-state index is 6.26. The molecule has 2 rings (SSSR count). The lowest BCUT2D eigenvalue weighted by Gasteiger charge is -2.33. The minimum Gasteiger partial charge on any atom is -0.324 e. The molecule has 0 saturated carbocycles. The van der Waals surface area contributed by atoms with E-state index in [1.807, 2.05) is 0 Å². The van der Waals surface area contributed by atoms with Crippen molar-refractivity contribution in [3.63, 3.8) is 0 Å². The van der Waals surface area contributed by atoms with Crippen molar-refractivity contribution in [1.29, 1.82) is 0 Å². The van der Waals surface area contributed by atoms with Crippen LogP contribution < -0.4 is 5.73 Å². The number of rotatable bonds is 4. The summed E-state index contributed by atoms with van der Waals surface area (Å²) in [5, 5.41) is 0. The third-order valence-corrected chi connectivity index (χ3v) is 4.55. The smallest absolute Gasteiger partial charge is 0.0252 e. The molecule has 0 spiro atoms. The molecule has 2 aliphatic rings. The fraction of sp³-hybridized carbons (Fsp3) is 1.00. The van der Waals surface area contributed by atoms with Crippen molar-refractivity contribution in [2.75, 3.05) is 32.7 Å². The molecule has 2 N–H and O–H groups in total. The molecule has 3 heteroatoms. The fourth-order valence-corrected chi connectivity index (χ4v) is 3.16. The van der Waals surface area contributed by atoms with Crippen LogP contribution in [0.15, 0.2) is 0 Å². The standard InChI is InChI=1S/C14H29N3/c1-3-14(2,15)12-16-10-7-13(11-16)17-8-5-4-6-9-17/h13H,3-12,15H2,1-2H3. The Morgan fingerprint density at radius 2 is 1.88 bits per heavy atom. The molecule has 0 aromatic rings. The Morgan fingerprint density at radius 3 is 2.53 bits per heavy atom. The molecule has 2 heterocycles. The lowest BCUT2D eigenvalue weighted by molar-refractivity contribution is 0.156. The first-order chi connectivity index (χ1) is 8.11. The van der Waals surface area contributed by atoms with E-state index in [0.717, 1.165) is 19.0 Å². The van der Waals surface area contributed by atoms with Gasteiger partial charge in [-0.05, 0) is 52.2 Å². The molecule has 0 amide bonds. The van der Waals surface area contributed by atoms with Gasteiger partial charge in [0.25, 0.3) is 0 Å². The first-order valence-corrected chi connectivity index (χ1v) is 7.36. The van der Waals surface area contributed by atoms with E-state index in [2.05, 4.69) is 23.6 Å². The van der Waals surface area contributed by atoms with Crippen molar-refractivity contribution in [2.24, 2.45) is 5.73 Å². The van der Waals surface area contributed by atoms with Crippen LogP contribution in [0.1, 0.15) is 46.0 Å². The number of nitrogens with zero attached hydrogens (tertiary/aromatic N) is 2. The summed E-state index contributed by atoms with van der Waals surface area (Å²) in [5.41, 5.74) is 6.26. The Bertz CT molecular complexity index is 234. The Hall–Kier alpha value is -0.120. The van der Waals surface area contributed by atoms with Gasteiger partial charge in [0.15, 0.2) is 0 Å². The zero-order valence-electron chi connectivity index (χ0n) is 11.6. The lowest BCUT2D eigenvalue weighted by Crippen LogP contribution is -2.48. The number of nitrogens with two attached hydrogens (primary N) is 1.